The summed E-state index contributed by atoms with van der Waals surface area (Å²) in [5.41, 5.74) is 0. The molecule has 0 spiro atoms. The Kier molecular flexibility index (Phi) is 9.62. The van der Waals surface area contributed by atoms with Crippen molar-refractivity contribution in [2.75, 3.05) is 7.11 Å². The standard InChI is InChI=1S/C20H42O5Si2/c1-19(2,3)26(8,9)24-16(13-12-14-18(22)23-7)17(15-21)25-27(10,11)20(4,5)6/h15-17H,12-14H2,1-11H3/t16-,17+/m0/s1. The van der Waals surface area contributed by atoms with Gasteiger partial charge < -0.3 is 18.4 Å². The van der Waals surface area contributed by atoms with Crippen LogP contribution in [0.5, 0.6) is 0 Å². The summed E-state index contributed by atoms with van der Waals surface area (Å²) in [4.78, 5) is 23.5. The van der Waals surface area contributed by atoms with E-state index in [-0.39, 0.29) is 22.1 Å². The molecule has 0 rings (SSSR count). The van der Waals surface area contributed by atoms with E-state index in [9.17, 15) is 9.59 Å². The molecule has 0 radical (unpaired) electrons. The topological polar surface area (TPSA) is 61.8 Å². The molecule has 27 heavy (non-hydrogen) atoms. The quantitative estimate of drug-likeness (QED) is 0.273. The normalized spacial score (nSPS) is 16.0. The second kappa shape index (κ2) is 9.81. The predicted octanol–water partition coefficient (Wildman–Crippen LogP) is 5.31. The maximum absolute atomic E-state index is 12.0. The summed E-state index contributed by atoms with van der Waals surface area (Å²) in [5.74, 6) is -0.242. The van der Waals surface area contributed by atoms with Crippen molar-refractivity contribution in [3.63, 3.8) is 0 Å². The Balaban J connectivity index is 5.51. The molecule has 160 valence electrons. The molecule has 0 aromatic heterocycles. The maximum atomic E-state index is 12.0. The van der Waals surface area contributed by atoms with E-state index < -0.39 is 22.7 Å². The lowest BCUT2D eigenvalue weighted by molar-refractivity contribution is -0.140. The van der Waals surface area contributed by atoms with Crippen molar-refractivity contribution in [3.8, 4) is 0 Å². The molecule has 0 amide bonds. The van der Waals surface area contributed by atoms with Crippen LogP contribution in [0.25, 0.3) is 0 Å². The van der Waals surface area contributed by atoms with Crippen LogP contribution in [0.15, 0.2) is 0 Å². The Morgan fingerprint density at radius 1 is 0.926 bits per heavy atom. The molecule has 0 heterocycles. The number of aldehydes is 1. The second-order valence-corrected chi connectivity index (χ2v) is 19.9. The fourth-order valence-corrected chi connectivity index (χ4v) is 4.71. The Labute approximate surface area is 168 Å². The molecule has 0 aromatic rings. The van der Waals surface area contributed by atoms with E-state index in [1.54, 1.807) is 0 Å². The van der Waals surface area contributed by atoms with Gasteiger partial charge in [0.15, 0.2) is 16.6 Å². The molecule has 7 heteroatoms. The SMILES string of the molecule is COC(=O)CCC[C@H](O[Si](C)(C)C(C)(C)C)[C@@H](C=O)O[Si](C)(C)C(C)(C)C. The number of esters is 1. The zero-order chi connectivity index (χ0) is 21.7. The maximum Gasteiger partial charge on any atom is 0.305 e. The van der Waals surface area contributed by atoms with E-state index in [2.05, 4.69) is 67.7 Å². The average Bonchev–Trinajstić information content (AvgIpc) is 2.49. The largest absolute Gasteiger partial charge is 0.469 e. The van der Waals surface area contributed by atoms with Gasteiger partial charge in [0, 0.05) is 6.42 Å². The van der Waals surface area contributed by atoms with Gasteiger partial charge in [0.25, 0.3) is 0 Å². The highest BCUT2D eigenvalue weighted by Gasteiger charge is 2.44. The number of hydrogen-bond donors (Lipinski definition) is 0. The van der Waals surface area contributed by atoms with Crippen molar-refractivity contribution < 1.29 is 23.2 Å². The lowest BCUT2D eigenvalue weighted by atomic mass is 10.1. The Bertz CT molecular complexity index is 490. The molecule has 0 aliphatic heterocycles. The fourth-order valence-electron chi connectivity index (χ4n) is 2.10. The molecule has 2 atom stereocenters. The molecule has 0 aromatic carbocycles. The van der Waals surface area contributed by atoms with Gasteiger partial charge in [-0.1, -0.05) is 41.5 Å². The smallest absolute Gasteiger partial charge is 0.305 e. The minimum Gasteiger partial charge on any atom is -0.469 e. The molecule has 0 saturated carbocycles. The van der Waals surface area contributed by atoms with Crippen LogP contribution in [-0.4, -0.2) is 48.2 Å². The number of rotatable bonds is 10. The molecule has 0 saturated heterocycles. The van der Waals surface area contributed by atoms with Gasteiger partial charge >= 0.3 is 5.97 Å². The minimum absolute atomic E-state index is 0.00179. The first-order valence-corrected chi connectivity index (χ1v) is 15.7. The van der Waals surface area contributed by atoms with Gasteiger partial charge in [-0.2, -0.15) is 0 Å². The molecule has 0 bridgehead atoms. The summed E-state index contributed by atoms with van der Waals surface area (Å²) in [6.45, 7) is 21.6. The first-order chi connectivity index (χ1) is 12.0. The monoisotopic (exact) mass is 418 g/mol. The summed E-state index contributed by atoms with van der Waals surface area (Å²) in [6, 6.07) is 0. The van der Waals surface area contributed by atoms with Crippen LogP contribution in [-0.2, 0) is 23.2 Å². The molecule has 0 unspecified atom stereocenters. The van der Waals surface area contributed by atoms with E-state index in [1.807, 2.05) is 0 Å². The second-order valence-electron chi connectivity index (χ2n) is 10.4. The van der Waals surface area contributed by atoms with E-state index in [0.717, 1.165) is 6.29 Å². The van der Waals surface area contributed by atoms with Crippen molar-refractivity contribution in [1.82, 2.24) is 0 Å². The van der Waals surface area contributed by atoms with Gasteiger partial charge in [-0.3, -0.25) is 4.79 Å². The van der Waals surface area contributed by atoms with Crippen molar-refractivity contribution in [3.05, 3.63) is 0 Å². The molecular weight excluding hydrogens is 376 g/mol. The van der Waals surface area contributed by atoms with Crippen LogP contribution in [0.2, 0.25) is 36.3 Å². The highest BCUT2D eigenvalue weighted by Crippen LogP contribution is 2.40. The summed E-state index contributed by atoms with van der Waals surface area (Å²) in [5, 5.41) is 0.0276. The number of ether oxygens (including phenoxy) is 1. The Morgan fingerprint density at radius 2 is 1.37 bits per heavy atom. The van der Waals surface area contributed by atoms with E-state index >= 15 is 0 Å². The van der Waals surface area contributed by atoms with Crippen LogP contribution in [0.4, 0.5) is 0 Å². The minimum atomic E-state index is -2.13. The van der Waals surface area contributed by atoms with Crippen LogP contribution in [0.1, 0.15) is 60.8 Å². The van der Waals surface area contributed by atoms with Gasteiger partial charge in [0.1, 0.15) is 12.4 Å². The molecule has 0 N–H and O–H groups in total. The number of hydrogen-bond acceptors (Lipinski definition) is 5. The van der Waals surface area contributed by atoms with E-state index in [0.29, 0.717) is 19.3 Å². The van der Waals surface area contributed by atoms with Gasteiger partial charge in [-0.15, -0.1) is 0 Å². The van der Waals surface area contributed by atoms with Crippen molar-refractivity contribution in [2.45, 2.75) is 109 Å². The van der Waals surface area contributed by atoms with Crippen LogP contribution >= 0.6 is 0 Å². The van der Waals surface area contributed by atoms with Crippen LogP contribution in [0.3, 0.4) is 0 Å². The zero-order valence-electron chi connectivity index (χ0n) is 19.4. The average molecular weight is 419 g/mol. The van der Waals surface area contributed by atoms with Crippen molar-refractivity contribution in [2.24, 2.45) is 0 Å². The lowest BCUT2D eigenvalue weighted by Crippen LogP contribution is -2.52. The summed E-state index contributed by atoms with van der Waals surface area (Å²) in [7, 11) is -2.83. The summed E-state index contributed by atoms with van der Waals surface area (Å²) in [6.07, 6.45) is 1.45. The summed E-state index contributed by atoms with van der Waals surface area (Å²) >= 11 is 0. The number of methoxy groups -OCH3 is 1. The highest BCUT2D eigenvalue weighted by molar-refractivity contribution is 6.74. The first-order valence-electron chi connectivity index (χ1n) is 9.86. The predicted molar refractivity (Wildman–Crippen MR) is 116 cm³/mol. The lowest BCUT2D eigenvalue weighted by Gasteiger charge is -2.43. The summed E-state index contributed by atoms with van der Waals surface area (Å²) < 4.78 is 17.7. The van der Waals surface area contributed by atoms with Crippen molar-refractivity contribution >= 4 is 28.9 Å². The third-order valence-corrected chi connectivity index (χ3v) is 15.1. The third-order valence-electron chi connectivity index (χ3n) is 6.09. The molecule has 0 fully saturated rings. The molecule has 0 aliphatic rings. The van der Waals surface area contributed by atoms with E-state index in [4.69, 9.17) is 13.6 Å². The molecular formula is C20H42O5Si2. The van der Waals surface area contributed by atoms with Crippen LogP contribution in [0, 0.1) is 0 Å². The Hall–Kier alpha value is -0.506. The zero-order valence-corrected chi connectivity index (χ0v) is 21.4. The van der Waals surface area contributed by atoms with E-state index in [1.165, 1.54) is 7.11 Å². The number of carbonyl (C=O) groups excluding carboxylic acids is 2. The van der Waals surface area contributed by atoms with Gasteiger partial charge in [0.05, 0.1) is 13.2 Å². The Morgan fingerprint density at radius 3 is 1.74 bits per heavy atom. The highest BCUT2D eigenvalue weighted by atomic mass is 28.4. The molecule has 0 aliphatic carbocycles. The first kappa shape index (κ1) is 26.5. The fraction of sp³-hybridized carbons (Fsp3) is 0.900. The van der Waals surface area contributed by atoms with Gasteiger partial charge in [-0.05, 0) is 49.1 Å². The molecule has 5 nitrogen and oxygen atoms in total. The third kappa shape index (κ3) is 8.17. The van der Waals surface area contributed by atoms with Crippen LogP contribution < -0.4 is 0 Å². The van der Waals surface area contributed by atoms with Gasteiger partial charge in [0.2, 0.25) is 0 Å². The number of carbonyl (C=O) groups is 2. The van der Waals surface area contributed by atoms with Gasteiger partial charge in [-0.25, -0.2) is 0 Å². The van der Waals surface area contributed by atoms with Crippen molar-refractivity contribution in [1.29, 1.82) is 0 Å².